The van der Waals surface area contributed by atoms with Gasteiger partial charge >= 0.3 is 5.97 Å². The van der Waals surface area contributed by atoms with Crippen LogP contribution in [-0.4, -0.2) is 45.6 Å². The minimum Gasteiger partial charge on any atom is -0.482 e. The molecular formula is C17H20N2O7S. The van der Waals surface area contributed by atoms with E-state index in [-0.39, 0.29) is 16.4 Å². The molecule has 2 rings (SSSR count). The summed E-state index contributed by atoms with van der Waals surface area (Å²) in [6.07, 6.45) is 0.531. The smallest absolute Gasteiger partial charge is 0.341 e. The normalized spacial score (nSPS) is 11.2. The van der Waals surface area contributed by atoms with E-state index in [0.717, 1.165) is 5.56 Å². The van der Waals surface area contributed by atoms with Crippen molar-refractivity contribution < 1.29 is 32.3 Å². The van der Waals surface area contributed by atoms with Crippen LogP contribution in [0.1, 0.15) is 21.7 Å². The lowest BCUT2D eigenvalue weighted by Crippen LogP contribution is -2.26. The summed E-state index contributed by atoms with van der Waals surface area (Å²) in [7, 11) is -2.50. The van der Waals surface area contributed by atoms with Crippen LogP contribution in [0.5, 0.6) is 5.75 Å². The van der Waals surface area contributed by atoms with E-state index >= 15 is 0 Å². The van der Waals surface area contributed by atoms with Crippen LogP contribution in [0.25, 0.3) is 0 Å². The Labute approximate surface area is 156 Å². The second-order valence-electron chi connectivity index (χ2n) is 5.58. The van der Waals surface area contributed by atoms with Crippen LogP contribution in [0.3, 0.4) is 0 Å². The molecule has 0 aliphatic heterocycles. The SMILES string of the molecule is CNS(=O)(=O)c1cc(C(=O)NCCc2ccc(OCC(=O)O)cc2)c(C)o1. The number of sulfonamides is 1. The number of rotatable bonds is 9. The number of nitrogens with one attached hydrogen (secondary N) is 2. The molecule has 9 nitrogen and oxygen atoms in total. The molecule has 10 heteroatoms. The van der Waals surface area contributed by atoms with Gasteiger partial charge in [0.15, 0.2) is 6.61 Å². The summed E-state index contributed by atoms with van der Waals surface area (Å²) in [5, 5.41) is 10.9. The highest BCUT2D eigenvalue weighted by Crippen LogP contribution is 2.19. The fourth-order valence-electron chi connectivity index (χ4n) is 2.23. The number of ether oxygens (including phenoxy) is 1. The first-order valence-electron chi connectivity index (χ1n) is 7.98. The fraction of sp³-hybridized carbons (Fsp3) is 0.294. The van der Waals surface area contributed by atoms with Crippen LogP contribution in [0, 0.1) is 6.92 Å². The average molecular weight is 396 g/mol. The van der Waals surface area contributed by atoms with Crippen molar-refractivity contribution in [1.29, 1.82) is 0 Å². The summed E-state index contributed by atoms with van der Waals surface area (Å²) in [5.74, 6) is -0.837. The van der Waals surface area contributed by atoms with Gasteiger partial charge in [-0.1, -0.05) is 12.1 Å². The van der Waals surface area contributed by atoms with Crippen molar-refractivity contribution in [2.45, 2.75) is 18.4 Å². The minimum absolute atomic E-state index is 0.154. The van der Waals surface area contributed by atoms with Crippen molar-refractivity contribution in [3.63, 3.8) is 0 Å². The van der Waals surface area contributed by atoms with Crippen LogP contribution in [0.4, 0.5) is 0 Å². The zero-order valence-corrected chi connectivity index (χ0v) is 15.6. The van der Waals surface area contributed by atoms with Gasteiger partial charge in [-0.3, -0.25) is 4.79 Å². The maximum absolute atomic E-state index is 12.2. The molecule has 0 radical (unpaired) electrons. The Morgan fingerprint density at radius 2 is 1.89 bits per heavy atom. The van der Waals surface area contributed by atoms with Gasteiger partial charge in [0.1, 0.15) is 11.5 Å². The average Bonchev–Trinajstić information content (AvgIpc) is 3.03. The Morgan fingerprint density at radius 3 is 2.48 bits per heavy atom. The molecule has 2 aromatic rings. The zero-order chi connectivity index (χ0) is 20.0. The van der Waals surface area contributed by atoms with E-state index in [1.54, 1.807) is 24.3 Å². The van der Waals surface area contributed by atoms with Gasteiger partial charge in [0.05, 0.1) is 5.56 Å². The van der Waals surface area contributed by atoms with Gasteiger partial charge in [0, 0.05) is 12.6 Å². The first kappa shape index (κ1) is 20.5. The molecule has 1 aromatic heterocycles. The van der Waals surface area contributed by atoms with Crippen molar-refractivity contribution in [3.8, 4) is 5.75 Å². The molecule has 3 N–H and O–H groups in total. The molecule has 146 valence electrons. The molecule has 1 heterocycles. The molecule has 0 atom stereocenters. The second kappa shape index (κ2) is 8.69. The number of aliphatic carboxylic acids is 1. The van der Waals surface area contributed by atoms with Crippen molar-refractivity contribution >= 4 is 21.9 Å². The number of carbonyl (C=O) groups excluding carboxylic acids is 1. The summed E-state index contributed by atoms with van der Waals surface area (Å²) in [4.78, 5) is 22.7. The topological polar surface area (TPSA) is 135 Å². The molecule has 0 spiro atoms. The van der Waals surface area contributed by atoms with Crippen molar-refractivity contribution in [2.75, 3.05) is 20.2 Å². The number of furan rings is 1. The molecule has 0 unspecified atom stereocenters. The predicted octanol–water partition coefficient (Wildman–Crippen LogP) is 0.932. The Balaban J connectivity index is 1.90. The van der Waals surface area contributed by atoms with Crippen molar-refractivity contribution in [3.05, 3.63) is 47.2 Å². The van der Waals surface area contributed by atoms with Gasteiger partial charge < -0.3 is 19.6 Å². The molecule has 0 fully saturated rings. The number of carboxylic acid groups (broad SMARTS) is 1. The molecule has 0 bridgehead atoms. The molecule has 27 heavy (non-hydrogen) atoms. The number of carboxylic acids is 1. The Kier molecular flexibility index (Phi) is 6.59. The van der Waals surface area contributed by atoms with E-state index in [2.05, 4.69) is 10.0 Å². The highest BCUT2D eigenvalue weighted by atomic mass is 32.2. The largest absolute Gasteiger partial charge is 0.482 e. The van der Waals surface area contributed by atoms with Crippen molar-refractivity contribution in [1.82, 2.24) is 10.0 Å². The van der Waals surface area contributed by atoms with Crippen LogP contribution in [0.15, 0.2) is 39.8 Å². The van der Waals surface area contributed by atoms with E-state index in [9.17, 15) is 18.0 Å². The lowest BCUT2D eigenvalue weighted by atomic mass is 10.1. The summed E-state index contributed by atoms with van der Waals surface area (Å²) in [5.41, 5.74) is 1.07. The lowest BCUT2D eigenvalue weighted by molar-refractivity contribution is -0.139. The van der Waals surface area contributed by atoms with Gasteiger partial charge in [0.25, 0.3) is 15.9 Å². The lowest BCUT2D eigenvalue weighted by Gasteiger charge is -2.06. The van der Waals surface area contributed by atoms with Gasteiger partial charge in [0.2, 0.25) is 5.09 Å². The van der Waals surface area contributed by atoms with E-state index < -0.39 is 28.5 Å². The number of aryl methyl sites for hydroxylation is 1. The maximum Gasteiger partial charge on any atom is 0.341 e. The van der Waals surface area contributed by atoms with Crippen LogP contribution in [0.2, 0.25) is 0 Å². The van der Waals surface area contributed by atoms with E-state index in [1.807, 2.05) is 0 Å². The molecule has 0 saturated heterocycles. The van der Waals surface area contributed by atoms with Crippen LogP contribution in [-0.2, 0) is 21.2 Å². The third-order valence-corrected chi connectivity index (χ3v) is 4.93. The quantitative estimate of drug-likeness (QED) is 0.574. The summed E-state index contributed by atoms with van der Waals surface area (Å²) >= 11 is 0. The summed E-state index contributed by atoms with van der Waals surface area (Å²) in [6, 6.07) is 8.02. The van der Waals surface area contributed by atoms with E-state index in [4.69, 9.17) is 14.3 Å². The Hall–Kier alpha value is -2.85. The monoisotopic (exact) mass is 396 g/mol. The Morgan fingerprint density at radius 1 is 1.22 bits per heavy atom. The molecular weight excluding hydrogens is 376 g/mol. The predicted molar refractivity (Wildman–Crippen MR) is 95.3 cm³/mol. The number of hydrogen-bond acceptors (Lipinski definition) is 6. The van der Waals surface area contributed by atoms with Gasteiger partial charge in [-0.2, -0.15) is 0 Å². The second-order valence-corrected chi connectivity index (χ2v) is 7.39. The van der Waals surface area contributed by atoms with E-state index in [1.165, 1.54) is 20.0 Å². The van der Waals surface area contributed by atoms with Gasteiger partial charge in [-0.25, -0.2) is 17.9 Å². The van der Waals surface area contributed by atoms with Crippen LogP contribution >= 0.6 is 0 Å². The number of amides is 1. The molecule has 1 amide bonds. The van der Waals surface area contributed by atoms with E-state index in [0.29, 0.717) is 18.7 Å². The molecule has 0 saturated carbocycles. The zero-order valence-electron chi connectivity index (χ0n) is 14.8. The minimum atomic E-state index is -3.76. The third-order valence-electron chi connectivity index (χ3n) is 3.66. The number of hydrogen-bond donors (Lipinski definition) is 3. The molecule has 1 aromatic carbocycles. The Bertz CT molecular complexity index is 917. The van der Waals surface area contributed by atoms with Gasteiger partial charge in [-0.05, 0) is 38.1 Å². The van der Waals surface area contributed by atoms with Gasteiger partial charge in [-0.15, -0.1) is 0 Å². The number of carbonyl (C=O) groups is 2. The first-order valence-corrected chi connectivity index (χ1v) is 9.47. The standard InChI is InChI=1S/C17H20N2O7S/c1-11-14(9-16(26-11)27(23,24)18-2)17(22)19-8-7-12-3-5-13(6-4-12)25-10-15(20)21/h3-6,9,18H,7-8,10H2,1-2H3,(H,19,22)(H,20,21). The van der Waals surface area contributed by atoms with Crippen LogP contribution < -0.4 is 14.8 Å². The summed E-state index contributed by atoms with van der Waals surface area (Å²) in [6.45, 7) is 1.43. The molecule has 0 aliphatic rings. The maximum atomic E-state index is 12.2. The molecule has 0 aliphatic carbocycles. The summed E-state index contributed by atoms with van der Waals surface area (Å²) < 4.78 is 35.7. The number of benzene rings is 1. The highest BCUT2D eigenvalue weighted by molar-refractivity contribution is 7.89. The fourth-order valence-corrected chi connectivity index (χ4v) is 2.94. The first-order chi connectivity index (χ1) is 12.7. The van der Waals surface area contributed by atoms with Crippen molar-refractivity contribution in [2.24, 2.45) is 0 Å². The highest BCUT2D eigenvalue weighted by Gasteiger charge is 2.22. The third kappa shape index (κ3) is 5.56.